The fourth-order valence-electron chi connectivity index (χ4n) is 2.84. The van der Waals surface area contributed by atoms with Crippen molar-refractivity contribution in [1.82, 2.24) is 9.55 Å². The number of ether oxygens (including phenoxy) is 2. The molecule has 10 nitrogen and oxygen atoms in total. The lowest BCUT2D eigenvalue weighted by Gasteiger charge is -2.11. The number of nitro benzene ring substituents is 1. The lowest BCUT2D eigenvalue weighted by molar-refractivity contribution is -0.384. The summed E-state index contributed by atoms with van der Waals surface area (Å²) in [6.07, 6.45) is 1.28. The van der Waals surface area contributed by atoms with Crippen molar-refractivity contribution in [2.45, 2.75) is 13.5 Å². The summed E-state index contributed by atoms with van der Waals surface area (Å²) in [5.41, 5.74) is 0.715. The standard InChI is InChI=1S/C21H20N4O6/c1-3-31-16-7-4-14(5-8-16)17-11-21(27)24(13-22-17)12-20(26)23-18-10-15(25(28)29)6-9-19(18)30-2/h4-11,13H,3,12H2,1-2H3,(H,23,26). The Labute approximate surface area is 177 Å². The molecule has 0 aliphatic rings. The van der Waals surface area contributed by atoms with Crippen LogP contribution in [-0.4, -0.2) is 34.1 Å². The first-order valence-electron chi connectivity index (χ1n) is 9.33. The van der Waals surface area contributed by atoms with Gasteiger partial charge in [-0.05, 0) is 37.3 Å². The van der Waals surface area contributed by atoms with Crippen molar-refractivity contribution in [3.8, 4) is 22.8 Å². The van der Waals surface area contributed by atoms with Gasteiger partial charge in [-0.25, -0.2) is 4.98 Å². The van der Waals surface area contributed by atoms with Gasteiger partial charge in [-0.3, -0.25) is 24.3 Å². The monoisotopic (exact) mass is 424 g/mol. The van der Waals surface area contributed by atoms with E-state index in [0.29, 0.717) is 18.1 Å². The summed E-state index contributed by atoms with van der Waals surface area (Å²) >= 11 is 0. The molecule has 3 rings (SSSR count). The Kier molecular flexibility index (Phi) is 6.61. The number of rotatable bonds is 8. The Morgan fingerprint density at radius 2 is 1.94 bits per heavy atom. The summed E-state index contributed by atoms with van der Waals surface area (Å²) < 4.78 is 11.6. The minimum atomic E-state index is -0.580. The highest BCUT2D eigenvalue weighted by Crippen LogP contribution is 2.28. The van der Waals surface area contributed by atoms with Gasteiger partial charge in [-0.1, -0.05) is 0 Å². The highest BCUT2D eigenvalue weighted by Gasteiger charge is 2.14. The van der Waals surface area contributed by atoms with Crippen molar-refractivity contribution < 1.29 is 19.2 Å². The first-order chi connectivity index (χ1) is 14.9. The number of non-ortho nitro benzene ring substituents is 1. The number of nitro groups is 1. The molecule has 0 aliphatic carbocycles. The third-order valence-electron chi connectivity index (χ3n) is 4.32. The maximum atomic E-state index is 12.4. The number of methoxy groups -OCH3 is 1. The first kappa shape index (κ1) is 21.5. The van der Waals surface area contributed by atoms with E-state index in [-0.39, 0.29) is 23.7 Å². The third-order valence-corrected chi connectivity index (χ3v) is 4.32. The molecule has 0 aliphatic heterocycles. The van der Waals surface area contributed by atoms with Gasteiger partial charge < -0.3 is 14.8 Å². The molecule has 0 unspecified atom stereocenters. The average Bonchev–Trinajstić information content (AvgIpc) is 2.76. The van der Waals surface area contributed by atoms with Crippen molar-refractivity contribution in [3.63, 3.8) is 0 Å². The average molecular weight is 424 g/mol. The van der Waals surface area contributed by atoms with E-state index in [1.165, 1.54) is 37.7 Å². The summed E-state index contributed by atoms with van der Waals surface area (Å²) in [5.74, 6) is 0.416. The Morgan fingerprint density at radius 1 is 1.19 bits per heavy atom. The second-order valence-electron chi connectivity index (χ2n) is 6.39. The molecule has 1 N–H and O–H groups in total. The number of anilines is 1. The van der Waals surface area contributed by atoms with Gasteiger partial charge >= 0.3 is 0 Å². The van der Waals surface area contributed by atoms with E-state index in [4.69, 9.17) is 9.47 Å². The maximum Gasteiger partial charge on any atom is 0.271 e. The Hall–Kier alpha value is -4.21. The molecule has 160 valence electrons. The normalized spacial score (nSPS) is 10.4. The SMILES string of the molecule is CCOc1ccc(-c2cc(=O)n(CC(=O)Nc3cc([N+](=O)[O-])ccc3OC)cn2)cc1. The quantitative estimate of drug-likeness (QED) is 0.435. The summed E-state index contributed by atoms with van der Waals surface area (Å²) in [6.45, 7) is 2.12. The molecule has 0 saturated carbocycles. The molecular weight excluding hydrogens is 404 g/mol. The molecule has 0 radical (unpaired) electrons. The number of nitrogens with zero attached hydrogens (tertiary/aromatic N) is 3. The molecule has 2 aromatic carbocycles. The second kappa shape index (κ2) is 9.53. The Morgan fingerprint density at radius 3 is 2.55 bits per heavy atom. The topological polar surface area (TPSA) is 126 Å². The minimum Gasteiger partial charge on any atom is -0.495 e. The zero-order valence-corrected chi connectivity index (χ0v) is 16.9. The van der Waals surface area contributed by atoms with Gasteiger partial charge in [0.15, 0.2) is 0 Å². The molecule has 1 heterocycles. The van der Waals surface area contributed by atoms with E-state index < -0.39 is 16.4 Å². The third kappa shape index (κ3) is 5.24. The smallest absolute Gasteiger partial charge is 0.271 e. The van der Waals surface area contributed by atoms with E-state index >= 15 is 0 Å². The van der Waals surface area contributed by atoms with Crippen LogP contribution < -0.4 is 20.3 Å². The van der Waals surface area contributed by atoms with Crippen LogP contribution in [-0.2, 0) is 11.3 Å². The largest absolute Gasteiger partial charge is 0.495 e. The molecule has 31 heavy (non-hydrogen) atoms. The first-order valence-corrected chi connectivity index (χ1v) is 9.33. The van der Waals surface area contributed by atoms with Gasteiger partial charge in [0, 0.05) is 23.8 Å². The molecule has 0 atom stereocenters. The number of amides is 1. The van der Waals surface area contributed by atoms with E-state index in [0.717, 1.165) is 10.1 Å². The van der Waals surface area contributed by atoms with Gasteiger partial charge in [-0.2, -0.15) is 0 Å². The molecule has 0 bridgehead atoms. The molecule has 1 aromatic heterocycles. The molecule has 1 amide bonds. The zero-order chi connectivity index (χ0) is 22.4. The number of hydrogen-bond acceptors (Lipinski definition) is 7. The number of hydrogen-bond donors (Lipinski definition) is 1. The minimum absolute atomic E-state index is 0.133. The molecule has 0 spiro atoms. The van der Waals surface area contributed by atoms with Crippen LogP contribution in [0.3, 0.4) is 0 Å². The number of benzene rings is 2. The van der Waals surface area contributed by atoms with Gasteiger partial charge in [0.05, 0.1) is 36.3 Å². The van der Waals surface area contributed by atoms with Crippen LogP contribution in [0.5, 0.6) is 11.5 Å². The number of aromatic nitrogens is 2. The summed E-state index contributed by atoms with van der Waals surface area (Å²) in [7, 11) is 1.38. The van der Waals surface area contributed by atoms with Crippen molar-refractivity contribution in [1.29, 1.82) is 0 Å². The molecule has 10 heteroatoms. The molecule has 0 fully saturated rings. The van der Waals surface area contributed by atoms with E-state index in [2.05, 4.69) is 10.3 Å². The lowest BCUT2D eigenvalue weighted by Crippen LogP contribution is -2.27. The van der Waals surface area contributed by atoms with Gasteiger partial charge in [0.1, 0.15) is 18.0 Å². The predicted octanol–water partition coefficient (Wildman–Crippen LogP) is 2.86. The van der Waals surface area contributed by atoms with Gasteiger partial charge in [0.25, 0.3) is 11.2 Å². The highest BCUT2D eigenvalue weighted by atomic mass is 16.6. The van der Waals surface area contributed by atoms with Crippen LogP contribution in [0.4, 0.5) is 11.4 Å². The summed E-state index contributed by atoms with van der Waals surface area (Å²) in [5, 5.41) is 13.5. The van der Waals surface area contributed by atoms with Crippen LogP contribution in [0.15, 0.2) is 59.7 Å². The lowest BCUT2D eigenvalue weighted by atomic mass is 10.1. The number of carbonyl (C=O) groups is 1. The van der Waals surface area contributed by atoms with Crippen molar-refractivity contribution >= 4 is 17.3 Å². The van der Waals surface area contributed by atoms with Crippen LogP contribution in [0.25, 0.3) is 11.3 Å². The number of carbonyl (C=O) groups excluding carboxylic acids is 1. The maximum absolute atomic E-state index is 12.4. The fourth-order valence-corrected chi connectivity index (χ4v) is 2.84. The Bertz CT molecular complexity index is 1160. The molecule has 0 saturated heterocycles. The molecule has 3 aromatic rings. The summed E-state index contributed by atoms with van der Waals surface area (Å²) in [6, 6.07) is 12.3. The van der Waals surface area contributed by atoms with Crippen molar-refractivity contribution in [3.05, 3.63) is 75.3 Å². The molecular formula is C21H20N4O6. The van der Waals surface area contributed by atoms with Crippen molar-refractivity contribution in [2.75, 3.05) is 19.0 Å². The summed E-state index contributed by atoms with van der Waals surface area (Å²) in [4.78, 5) is 39.5. The van der Waals surface area contributed by atoms with Crippen LogP contribution in [0.1, 0.15) is 6.92 Å². The van der Waals surface area contributed by atoms with Gasteiger partial charge in [-0.15, -0.1) is 0 Å². The predicted molar refractivity (Wildman–Crippen MR) is 113 cm³/mol. The fraction of sp³-hybridized carbons (Fsp3) is 0.190. The zero-order valence-electron chi connectivity index (χ0n) is 16.9. The van der Waals surface area contributed by atoms with Gasteiger partial charge in [0.2, 0.25) is 5.91 Å². The van der Waals surface area contributed by atoms with Crippen molar-refractivity contribution in [2.24, 2.45) is 0 Å². The Balaban J connectivity index is 1.74. The van der Waals surface area contributed by atoms with E-state index in [1.807, 2.05) is 6.92 Å². The highest BCUT2D eigenvalue weighted by molar-refractivity contribution is 5.92. The van der Waals surface area contributed by atoms with E-state index in [1.54, 1.807) is 24.3 Å². The van der Waals surface area contributed by atoms with Crippen LogP contribution >= 0.6 is 0 Å². The number of nitrogens with one attached hydrogen (secondary N) is 1. The second-order valence-corrected chi connectivity index (χ2v) is 6.39. The van der Waals surface area contributed by atoms with E-state index in [9.17, 15) is 19.7 Å². The van der Waals surface area contributed by atoms with Crippen LogP contribution in [0, 0.1) is 10.1 Å². The van der Waals surface area contributed by atoms with Crippen LogP contribution in [0.2, 0.25) is 0 Å².